The van der Waals surface area contributed by atoms with Crippen LogP contribution in [0, 0.1) is 0 Å². The van der Waals surface area contributed by atoms with Crippen molar-refractivity contribution in [3.63, 3.8) is 0 Å². The minimum Gasteiger partial charge on any atom is -0.376 e. The van der Waals surface area contributed by atoms with Crippen LogP contribution in [0.5, 0.6) is 0 Å². The number of H-pyrrole nitrogens is 1. The molecule has 0 saturated carbocycles. The van der Waals surface area contributed by atoms with Crippen molar-refractivity contribution in [2.75, 3.05) is 13.2 Å². The molecule has 1 atom stereocenters. The van der Waals surface area contributed by atoms with Gasteiger partial charge < -0.3 is 19.6 Å². The minimum atomic E-state index is -0.585. The number of hydrogen-bond donors (Lipinski definition) is 2. The largest absolute Gasteiger partial charge is 0.376 e. The van der Waals surface area contributed by atoms with Gasteiger partial charge in [0.25, 0.3) is 11.5 Å². The first kappa shape index (κ1) is 17.3. The summed E-state index contributed by atoms with van der Waals surface area (Å²) in [7, 11) is 1.67. The van der Waals surface area contributed by atoms with Crippen LogP contribution in [0.15, 0.2) is 46.1 Å². The molecule has 3 heterocycles. The lowest BCUT2D eigenvalue weighted by atomic mass is 10.2. The molecule has 140 valence electrons. The third kappa shape index (κ3) is 3.08. The predicted octanol–water partition coefficient (Wildman–Crippen LogP) is 0.926. The molecule has 2 aromatic heterocycles. The van der Waals surface area contributed by atoms with Crippen molar-refractivity contribution >= 4 is 16.9 Å². The van der Waals surface area contributed by atoms with Gasteiger partial charge in [-0.25, -0.2) is 9.36 Å². The Labute approximate surface area is 154 Å². The van der Waals surface area contributed by atoms with E-state index in [0.29, 0.717) is 18.8 Å². The molecule has 3 aromatic rings. The monoisotopic (exact) mass is 368 g/mol. The Morgan fingerprint density at radius 1 is 1.30 bits per heavy atom. The fraction of sp³-hybridized carbons (Fsp3) is 0.316. The van der Waals surface area contributed by atoms with Crippen molar-refractivity contribution < 1.29 is 9.53 Å². The van der Waals surface area contributed by atoms with Gasteiger partial charge in [0.15, 0.2) is 0 Å². The average molecular weight is 368 g/mol. The highest BCUT2D eigenvalue weighted by Gasteiger charge is 2.22. The van der Waals surface area contributed by atoms with Gasteiger partial charge in [0.2, 0.25) is 0 Å². The van der Waals surface area contributed by atoms with Crippen LogP contribution >= 0.6 is 0 Å². The number of nitrogens with one attached hydrogen (secondary N) is 2. The Morgan fingerprint density at radius 3 is 2.78 bits per heavy atom. The molecule has 1 aliphatic rings. The fourth-order valence-electron chi connectivity index (χ4n) is 3.46. The summed E-state index contributed by atoms with van der Waals surface area (Å²) >= 11 is 0. The Balaban J connectivity index is 1.75. The van der Waals surface area contributed by atoms with E-state index in [4.69, 9.17) is 4.74 Å². The highest BCUT2D eigenvalue weighted by molar-refractivity contribution is 6.05. The van der Waals surface area contributed by atoms with Crippen LogP contribution in [0.1, 0.15) is 23.2 Å². The summed E-state index contributed by atoms with van der Waals surface area (Å²) in [6, 6.07) is 8.67. The number of nitrogens with zero attached hydrogens (tertiary/aromatic N) is 2. The highest BCUT2D eigenvalue weighted by Crippen LogP contribution is 2.16. The van der Waals surface area contributed by atoms with Gasteiger partial charge in [-0.15, -0.1) is 0 Å². The van der Waals surface area contributed by atoms with Crippen LogP contribution in [-0.4, -0.2) is 39.3 Å². The topological polar surface area (TPSA) is 98.1 Å². The van der Waals surface area contributed by atoms with Gasteiger partial charge in [0.05, 0.1) is 22.9 Å². The summed E-state index contributed by atoms with van der Waals surface area (Å²) in [5.74, 6) is -0.344. The zero-order chi connectivity index (χ0) is 19.0. The molecule has 27 heavy (non-hydrogen) atoms. The van der Waals surface area contributed by atoms with Crippen molar-refractivity contribution in [1.29, 1.82) is 0 Å². The fourth-order valence-corrected chi connectivity index (χ4v) is 3.46. The van der Waals surface area contributed by atoms with Crippen molar-refractivity contribution in [3.8, 4) is 5.69 Å². The number of aryl methyl sites for hydroxylation is 1. The number of para-hydroxylation sites is 1. The molecular formula is C19H20N4O4. The first-order valence-electron chi connectivity index (χ1n) is 8.86. The van der Waals surface area contributed by atoms with Gasteiger partial charge in [0.1, 0.15) is 5.52 Å². The lowest BCUT2D eigenvalue weighted by Gasteiger charge is -2.10. The first-order valence-corrected chi connectivity index (χ1v) is 8.86. The minimum absolute atomic E-state index is 0.0123. The second-order valence-electron chi connectivity index (χ2n) is 6.63. The molecular weight excluding hydrogens is 348 g/mol. The zero-order valence-electron chi connectivity index (χ0n) is 14.9. The van der Waals surface area contributed by atoms with E-state index >= 15 is 0 Å². The number of aromatic amines is 1. The number of rotatable bonds is 4. The maximum Gasteiger partial charge on any atom is 0.333 e. The summed E-state index contributed by atoms with van der Waals surface area (Å²) in [4.78, 5) is 40.8. The van der Waals surface area contributed by atoms with Crippen LogP contribution < -0.4 is 16.6 Å². The van der Waals surface area contributed by atoms with E-state index in [9.17, 15) is 14.4 Å². The van der Waals surface area contributed by atoms with Crippen molar-refractivity contribution in [2.24, 2.45) is 7.05 Å². The summed E-state index contributed by atoms with van der Waals surface area (Å²) in [6.45, 7) is 1.11. The predicted molar refractivity (Wildman–Crippen MR) is 100 cm³/mol. The lowest BCUT2D eigenvalue weighted by Crippen LogP contribution is -2.35. The number of hydrogen-bond acceptors (Lipinski definition) is 4. The molecule has 0 aliphatic carbocycles. The van der Waals surface area contributed by atoms with Crippen LogP contribution in [0.4, 0.5) is 0 Å². The third-order valence-corrected chi connectivity index (χ3v) is 4.80. The molecule has 1 amide bonds. The van der Waals surface area contributed by atoms with E-state index in [1.165, 1.54) is 0 Å². The molecule has 0 unspecified atom stereocenters. The number of benzene rings is 1. The number of fused-ring (bicyclic) bond motifs is 1. The van der Waals surface area contributed by atoms with Crippen LogP contribution in [0.3, 0.4) is 0 Å². The van der Waals surface area contributed by atoms with E-state index in [0.717, 1.165) is 17.4 Å². The van der Waals surface area contributed by atoms with Gasteiger partial charge in [-0.3, -0.25) is 9.59 Å². The lowest BCUT2D eigenvalue weighted by molar-refractivity contribution is 0.0859. The summed E-state index contributed by atoms with van der Waals surface area (Å²) in [5, 5.41) is 2.82. The van der Waals surface area contributed by atoms with Gasteiger partial charge in [-0.05, 0) is 25.0 Å². The van der Waals surface area contributed by atoms with E-state index in [-0.39, 0.29) is 28.6 Å². The number of amides is 1. The van der Waals surface area contributed by atoms with Crippen molar-refractivity contribution in [3.05, 3.63) is 62.9 Å². The summed E-state index contributed by atoms with van der Waals surface area (Å²) in [6.07, 6.45) is 3.47. The van der Waals surface area contributed by atoms with Crippen molar-refractivity contribution in [1.82, 2.24) is 19.4 Å². The van der Waals surface area contributed by atoms with E-state index in [2.05, 4.69) is 10.3 Å². The Hall–Kier alpha value is -3.13. The van der Waals surface area contributed by atoms with Crippen molar-refractivity contribution in [2.45, 2.75) is 18.9 Å². The molecule has 1 saturated heterocycles. The molecule has 8 heteroatoms. The second kappa shape index (κ2) is 6.88. The van der Waals surface area contributed by atoms with Crippen LogP contribution in [0.25, 0.3) is 16.7 Å². The maximum atomic E-state index is 12.9. The molecule has 1 aromatic carbocycles. The molecule has 0 bridgehead atoms. The number of aromatic nitrogens is 3. The normalized spacial score (nSPS) is 16.7. The Kier molecular flexibility index (Phi) is 4.41. The molecule has 1 fully saturated rings. The van der Waals surface area contributed by atoms with Gasteiger partial charge in [-0.1, -0.05) is 18.2 Å². The molecule has 8 nitrogen and oxygen atoms in total. The zero-order valence-corrected chi connectivity index (χ0v) is 14.9. The Bertz CT molecular complexity index is 1100. The van der Waals surface area contributed by atoms with Gasteiger partial charge in [0, 0.05) is 26.4 Å². The smallest absolute Gasteiger partial charge is 0.333 e. The van der Waals surface area contributed by atoms with Crippen LogP contribution in [0.2, 0.25) is 0 Å². The Morgan fingerprint density at radius 2 is 2.07 bits per heavy atom. The second-order valence-corrected chi connectivity index (χ2v) is 6.63. The molecule has 0 radical (unpaired) electrons. The average Bonchev–Trinajstić information content (AvgIpc) is 3.28. The number of carbonyl (C=O) groups excluding carboxylic acids is 1. The van der Waals surface area contributed by atoms with E-state index in [1.807, 2.05) is 0 Å². The third-order valence-electron chi connectivity index (χ3n) is 4.80. The number of ether oxygens (including phenoxy) is 1. The molecule has 4 rings (SSSR count). The molecule has 0 spiro atoms. The quantitative estimate of drug-likeness (QED) is 0.716. The first-order chi connectivity index (χ1) is 13.1. The number of carbonyl (C=O) groups is 1. The molecule has 2 N–H and O–H groups in total. The van der Waals surface area contributed by atoms with E-state index in [1.54, 1.807) is 48.1 Å². The SMILES string of the molecule is Cn1cc(C(=O)NC[C@@H]2CCCO2)c2[nH]c(=O)n(-c3ccccc3)c(=O)c21. The van der Waals surface area contributed by atoms with Gasteiger partial charge >= 0.3 is 5.69 Å². The highest BCUT2D eigenvalue weighted by atomic mass is 16.5. The molecule has 1 aliphatic heterocycles. The van der Waals surface area contributed by atoms with Gasteiger partial charge in [-0.2, -0.15) is 0 Å². The van der Waals surface area contributed by atoms with Crippen LogP contribution in [-0.2, 0) is 11.8 Å². The maximum absolute atomic E-state index is 12.9. The summed E-state index contributed by atoms with van der Waals surface area (Å²) < 4.78 is 8.13. The standard InChI is InChI=1S/C19H20N4O4/c1-22-11-14(17(24)20-10-13-8-5-9-27-13)15-16(22)18(25)23(19(26)21-15)12-6-3-2-4-7-12/h2-4,6-7,11,13H,5,8-10H2,1H3,(H,20,24)(H,21,26)/t13-/m0/s1. The van der Waals surface area contributed by atoms with E-state index < -0.39 is 11.2 Å². The summed E-state index contributed by atoms with van der Waals surface area (Å²) in [5.41, 5.74) is 0.181.